The van der Waals surface area contributed by atoms with Crippen molar-refractivity contribution in [1.29, 1.82) is 0 Å². The smallest absolute Gasteiger partial charge is 0.294 e. The molecule has 0 aliphatic carbocycles. The van der Waals surface area contributed by atoms with Crippen molar-refractivity contribution in [2.45, 2.75) is 32.5 Å². The highest BCUT2D eigenvalue weighted by Gasteiger charge is 2.29. The average Bonchev–Trinajstić information content (AvgIpc) is 2.36. The third-order valence-corrected chi connectivity index (χ3v) is 3.56. The predicted octanol–water partition coefficient (Wildman–Crippen LogP) is 4.96. The number of fused-ring (bicyclic) bond motifs is 1. The molecular formula is C17H20F3N. The molecule has 0 fully saturated rings. The van der Waals surface area contributed by atoms with Crippen LogP contribution in [0.2, 0.25) is 0 Å². The second-order valence-electron chi connectivity index (χ2n) is 5.80. The van der Waals surface area contributed by atoms with Crippen LogP contribution in [-0.4, -0.2) is 24.7 Å². The molecule has 1 nitrogen and oxygen atoms in total. The first-order valence-electron chi connectivity index (χ1n) is 7.04. The fraction of sp³-hybridized carbons (Fsp3) is 0.412. The lowest BCUT2D eigenvalue weighted by Gasteiger charge is -2.20. The zero-order valence-corrected chi connectivity index (χ0v) is 12.5. The van der Waals surface area contributed by atoms with Crippen molar-refractivity contribution in [3.05, 3.63) is 47.5 Å². The maximum absolute atomic E-state index is 12.5. The van der Waals surface area contributed by atoms with Crippen LogP contribution in [0.25, 0.3) is 10.8 Å². The van der Waals surface area contributed by atoms with Gasteiger partial charge in [0.05, 0.1) is 6.54 Å². The molecule has 0 aliphatic heterocycles. The molecular weight excluding hydrogens is 275 g/mol. The van der Waals surface area contributed by atoms with Crippen molar-refractivity contribution < 1.29 is 13.2 Å². The summed E-state index contributed by atoms with van der Waals surface area (Å²) in [7, 11) is 1.50. The molecule has 0 spiro atoms. The van der Waals surface area contributed by atoms with Crippen LogP contribution in [0.1, 0.15) is 30.9 Å². The molecule has 2 aromatic carbocycles. The van der Waals surface area contributed by atoms with Gasteiger partial charge in [0.25, 0.3) is 0 Å². The summed E-state index contributed by atoms with van der Waals surface area (Å²) in [5.41, 5.74) is 2.16. The van der Waals surface area contributed by atoms with E-state index < -0.39 is 12.7 Å². The Morgan fingerprint density at radius 2 is 1.62 bits per heavy atom. The van der Waals surface area contributed by atoms with Crippen molar-refractivity contribution >= 4 is 10.8 Å². The van der Waals surface area contributed by atoms with Gasteiger partial charge in [-0.25, -0.2) is 0 Å². The normalized spacial score (nSPS) is 12.6. The van der Waals surface area contributed by atoms with Gasteiger partial charge in [0.2, 0.25) is 0 Å². The van der Waals surface area contributed by atoms with E-state index in [2.05, 4.69) is 13.8 Å². The molecule has 0 saturated heterocycles. The van der Waals surface area contributed by atoms with E-state index in [4.69, 9.17) is 0 Å². The molecule has 0 atom stereocenters. The molecule has 0 unspecified atom stereocenters. The van der Waals surface area contributed by atoms with Crippen LogP contribution < -0.4 is 0 Å². The van der Waals surface area contributed by atoms with Crippen LogP contribution in [-0.2, 0) is 6.54 Å². The summed E-state index contributed by atoms with van der Waals surface area (Å²) in [6.07, 6.45) is -4.16. The number of hydrogen-bond donors (Lipinski definition) is 0. The first-order chi connectivity index (χ1) is 9.78. The summed E-state index contributed by atoms with van der Waals surface area (Å²) >= 11 is 0. The van der Waals surface area contributed by atoms with Crippen molar-refractivity contribution in [3.8, 4) is 0 Å². The second-order valence-corrected chi connectivity index (χ2v) is 5.80. The van der Waals surface area contributed by atoms with Crippen molar-refractivity contribution in [1.82, 2.24) is 4.90 Å². The van der Waals surface area contributed by atoms with Crippen molar-refractivity contribution in [2.24, 2.45) is 0 Å². The topological polar surface area (TPSA) is 3.24 Å². The number of hydrogen-bond acceptors (Lipinski definition) is 1. The van der Waals surface area contributed by atoms with Gasteiger partial charge in [0, 0.05) is 6.54 Å². The van der Waals surface area contributed by atoms with Gasteiger partial charge in [0.15, 0.2) is 0 Å². The Labute approximate surface area is 123 Å². The van der Waals surface area contributed by atoms with Gasteiger partial charge < -0.3 is 0 Å². The molecule has 0 aliphatic rings. The summed E-state index contributed by atoms with van der Waals surface area (Å²) in [4.78, 5) is 1.30. The third-order valence-electron chi connectivity index (χ3n) is 3.56. The lowest BCUT2D eigenvalue weighted by Crippen LogP contribution is -2.30. The zero-order chi connectivity index (χ0) is 15.6. The monoisotopic (exact) mass is 295 g/mol. The number of halogens is 3. The molecule has 114 valence electrons. The molecule has 0 saturated carbocycles. The minimum atomic E-state index is -4.16. The van der Waals surface area contributed by atoms with Crippen LogP contribution in [0.5, 0.6) is 0 Å². The van der Waals surface area contributed by atoms with Gasteiger partial charge in [-0.2, -0.15) is 13.2 Å². The maximum Gasteiger partial charge on any atom is 0.401 e. The van der Waals surface area contributed by atoms with Crippen LogP contribution >= 0.6 is 0 Å². The Morgan fingerprint density at radius 1 is 1.00 bits per heavy atom. The summed E-state index contributed by atoms with van der Waals surface area (Å²) in [6, 6.07) is 11.9. The van der Waals surface area contributed by atoms with Crippen LogP contribution in [0.4, 0.5) is 13.2 Å². The number of alkyl halides is 3. The maximum atomic E-state index is 12.5. The lowest BCUT2D eigenvalue weighted by molar-refractivity contribution is -0.143. The first-order valence-corrected chi connectivity index (χ1v) is 7.04. The molecule has 0 heterocycles. The van der Waals surface area contributed by atoms with Gasteiger partial charge in [-0.15, -0.1) is 0 Å². The summed E-state index contributed by atoms with van der Waals surface area (Å²) in [5.74, 6) is 0.386. The van der Waals surface area contributed by atoms with Crippen molar-refractivity contribution in [3.63, 3.8) is 0 Å². The first kappa shape index (κ1) is 15.8. The molecule has 0 bridgehead atoms. The fourth-order valence-corrected chi connectivity index (χ4v) is 2.68. The van der Waals surface area contributed by atoms with E-state index in [1.54, 1.807) is 0 Å². The number of benzene rings is 2. The summed E-state index contributed by atoms with van der Waals surface area (Å²) < 4.78 is 37.4. The molecule has 2 rings (SSSR count). The van der Waals surface area contributed by atoms with E-state index in [1.807, 2.05) is 36.4 Å². The highest BCUT2D eigenvalue weighted by Crippen LogP contribution is 2.29. The largest absolute Gasteiger partial charge is 0.401 e. The van der Waals surface area contributed by atoms with E-state index in [-0.39, 0.29) is 0 Å². The molecule has 4 heteroatoms. The summed E-state index contributed by atoms with van der Waals surface area (Å²) in [5, 5.41) is 2.17. The van der Waals surface area contributed by atoms with Crippen LogP contribution in [0.3, 0.4) is 0 Å². The van der Waals surface area contributed by atoms with E-state index in [1.165, 1.54) is 17.5 Å². The third kappa shape index (κ3) is 3.97. The Hall–Kier alpha value is -1.55. The van der Waals surface area contributed by atoms with E-state index in [0.717, 1.165) is 16.3 Å². The van der Waals surface area contributed by atoms with Crippen molar-refractivity contribution in [2.75, 3.05) is 13.6 Å². The molecule has 0 aromatic heterocycles. The van der Waals surface area contributed by atoms with Gasteiger partial charge >= 0.3 is 6.18 Å². The minimum absolute atomic E-state index is 0.290. The van der Waals surface area contributed by atoms with Gasteiger partial charge in [-0.3, -0.25) is 4.90 Å². The van der Waals surface area contributed by atoms with Gasteiger partial charge in [-0.1, -0.05) is 50.2 Å². The van der Waals surface area contributed by atoms with Gasteiger partial charge in [-0.05, 0) is 34.9 Å². The fourth-order valence-electron chi connectivity index (χ4n) is 2.68. The van der Waals surface area contributed by atoms with Crippen LogP contribution in [0.15, 0.2) is 36.4 Å². The average molecular weight is 295 g/mol. The Bertz CT molecular complexity index is 617. The standard InChI is InChI=1S/C17H20F3N/c1-12(2)14-9-8-13(10-21(3)11-17(18,19)20)15-6-4-5-7-16(14)15/h4-9,12H,10-11H2,1-3H3. The predicted molar refractivity (Wildman–Crippen MR) is 80.4 cm³/mol. The molecule has 0 N–H and O–H groups in total. The molecule has 2 aromatic rings. The molecule has 0 amide bonds. The lowest BCUT2D eigenvalue weighted by atomic mass is 9.93. The highest BCUT2D eigenvalue weighted by atomic mass is 19.4. The Kier molecular flexibility index (Phi) is 4.57. The SMILES string of the molecule is CC(C)c1ccc(CN(C)CC(F)(F)F)c2ccccc12. The van der Waals surface area contributed by atoms with E-state index in [9.17, 15) is 13.2 Å². The number of rotatable bonds is 4. The number of nitrogens with zero attached hydrogens (tertiary/aromatic N) is 1. The Balaban J connectivity index is 2.35. The van der Waals surface area contributed by atoms with E-state index >= 15 is 0 Å². The molecule has 21 heavy (non-hydrogen) atoms. The van der Waals surface area contributed by atoms with Crippen LogP contribution in [0, 0.1) is 0 Å². The second kappa shape index (κ2) is 6.06. The Morgan fingerprint density at radius 3 is 2.19 bits per heavy atom. The van der Waals surface area contributed by atoms with E-state index in [0.29, 0.717) is 12.5 Å². The zero-order valence-electron chi connectivity index (χ0n) is 12.5. The molecule has 0 radical (unpaired) electrons. The highest BCUT2D eigenvalue weighted by molar-refractivity contribution is 5.89. The quantitative estimate of drug-likeness (QED) is 0.771. The summed E-state index contributed by atoms with van der Waals surface area (Å²) in [6.45, 7) is 3.64. The van der Waals surface area contributed by atoms with Gasteiger partial charge in [0.1, 0.15) is 0 Å². The minimum Gasteiger partial charge on any atom is -0.294 e.